The standard InChI is InChI=1S/C16H19F3N2O4/c1-3-10(2)21-13(22)9-25-14(23)8-20-15(24)11-4-6-12(7-5-11)16(17,18)19/h4-7,10H,3,8-9H2,1-2H3,(H,20,24)(H,21,22). The number of hydrogen-bond donors (Lipinski definition) is 2. The molecule has 25 heavy (non-hydrogen) atoms. The van der Waals surface area contributed by atoms with Gasteiger partial charge in [-0.25, -0.2) is 0 Å². The van der Waals surface area contributed by atoms with Gasteiger partial charge in [0.2, 0.25) is 0 Å². The minimum Gasteiger partial charge on any atom is -0.454 e. The summed E-state index contributed by atoms with van der Waals surface area (Å²) in [5.74, 6) is -2.02. The predicted octanol–water partition coefficient (Wildman–Crippen LogP) is 1.89. The van der Waals surface area contributed by atoms with E-state index in [4.69, 9.17) is 0 Å². The number of carbonyl (C=O) groups is 3. The second-order valence-electron chi connectivity index (χ2n) is 5.30. The molecule has 0 saturated heterocycles. The number of halogens is 3. The molecule has 2 N–H and O–H groups in total. The number of carbonyl (C=O) groups excluding carboxylic acids is 3. The molecule has 0 bridgehead atoms. The smallest absolute Gasteiger partial charge is 0.416 e. The van der Waals surface area contributed by atoms with Gasteiger partial charge in [-0.15, -0.1) is 0 Å². The van der Waals surface area contributed by atoms with Crippen LogP contribution in [0.15, 0.2) is 24.3 Å². The first-order valence-electron chi connectivity index (χ1n) is 7.54. The number of nitrogens with one attached hydrogen (secondary N) is 2. The van der Waals surface area contributed by atoms with Crippen molar-refractivity contribution in [1.29, 1.82) is 0 Å². The Bertz CT molecular complexity index is 615. The monoisotopic (exact) mass is 360 g/mol. The highest BCUT2D eigenvalue weighted by molar-refractivity contribution is 5.96. The van der Waals surface area contributed by atoms with Crippen LogP contribution < -0.4 is 10.6 Å². The number of esters is 1. The van der Waals surface area contributed by atoms with Crippen LogP contribution in [0.2, 0.25) is 0 Å². The van der Waals surface area contributed by atoms with E-state index in [0.29, 0.717) is 0 Å². The summed E-state index contributed by atoms with van der Waals surface area (Å²) in [5, 5.41) is 4.80. The lowest BCUT2D eigenvalue weighted by atomic mass is 10.1. The van der Waals surface area contributed by atoms with Gasteiger partial charge < -0.3 is 15.4 Å². The molecule has 1 aromatic rings. The van der Waals surface area contributed by atoms with Crippen LogP contribution in [0.1, 0.15) is 36.2 Å². The van der Waals surface area contributed by atoms with Gasteiger partial charge in [0, 0.05) is 11.6 Å². The van der Waals surface area contributed by atoms with E-state index >= 15 is 0 Å². The molecule has 0 fully saturated rings. The number of ether oxygens (including phenoxy) is 1. The summed E-state index contributed by atoms with van der Waals surface area (Å²) in [7, 11) is 0. The second-order valence-corrected chi connectivity index (χ2v) is 5.30. The Morgan fingerprint density at radius 1 is 1.16 bits per heavy atom. The molecule has 0 aliphatic carbocycles. The van der Waals surface area contributed by atoms with E-state index in [-0.39, 0.29) is 11.6 Å². The van der Waals surface area contributed by atoms with E-state index in [1.165, 1.54) is 0 Å². The van der Waals surface area contributed by atoms with Gasteiger partial charge in [0.25, 0.3) is 11.8 Å². The third-order valence-electron chi connectivity index (χ3n) is 3.25. The Morgan fingerprint density at radius 2 is 1.76 bits per heavy atom. The molecule has 1 aromatic carbocycles. The van der Waals surface area contributed by atoms with E-state index in [1.807, 2.05) is 6.92 Å². The number of hydrogen-bond acceptors (Lipinski definition) is 4. The molecule has 1 unspecified atom stereocenters. The van der Waals surface area contributed by atoms with Gasteiger partial charge in [0.15, 0.2) is 6.61 Å². The van der Waals surface area contributed by atoms with E-state index in [1.54, 1.807) is 6.92 Å². The fourth-order valence-corrected chi connectivity index (χ4v) is 1.68. The molecule has 0 saturated carbocycles. The van der Waals surface area contributed by atoms with Crippen LogP contribution in [0, 0.1) is 0 Å². The topological polar surface area (TPSA) is 84.5 Å². The lowest BCUT2D eigenvalue weighted by Gasteiger charge is -2.11. The molecule has 0 aliphatic rings. The zero-order chi connectivity index (χ0) is 19.0. The molecular formula is C16H19F3N2O4. The molecule has 0 aromatic heterocycles. The van der Waals surface area contributed by atoms with Gasteiger partial charge >= 0.3 is 12.1 Å². The average Bonchev–Trinajstić information content (AvgIpc) is 2.57. The molecular weight excluding hydrogens is 341 g/mol. The molecule has 6 nitrogen and oxygen atoms in total. The molecule has 9 heteroatoms. The molecule has 0 radical (unpaired) electrons. The average molecular weight is 360 g/mol. The summed E-state index contributed by atoms with van der Waals surface area (Å²) in [5.41, 5.74) is -0.911. The summed E-state index contributed by atoms with van der Waals surface area (Å²) in [4.78, 5) is 34.6. The Morgan fingerprint density at radius 3 is 2.28 bits per heavy atom. The van der Waals surface area contributed by atoms with E-state index in [0.717, 1.165) is 30.7 Å². The maximum Gasteiger partial charge on any atom is 0.416 e. The molecule has 138 valence electrons. The van der Waals surface area contributed by atoms with E-state index in [2.05, 4.69) is 15.4 Å². The van der Waals surface area contributed by atoms with Gasteiger partial charge in [0.1, 0.15) is 6.54 Å². The fraction of sp³-hybridized carbons (Fsp3) is 0.438. The van der Waals surface area contributed by atoms with Gasteiger partial charge in [-0.1, -0.05) is 6.92 Å². The second kappa shape index (κ2) is 9.05. The lowest BCUT2D eigenvalue weighted by Crippen LogP contribution is -2.37. The van der Waals surface area contributed by atoms with Crippen LogP contribution in [-0.4, -0.2) is 37.0 Å². The first-order valence-corrected chi connectivity index (χ1v) is 7.54. The van der Waals surface area contributed by atoms with Crippen LogP contribution >= 0.6 is 0 Å². The highest BCUT2D eigenvalue weighted by atomic mass is 19.4. The first kappa shape index (κ1) is 20.5. The maximum absolute atomic E-state index is 12.4. The molecule has 1 atom stereocenters. The number of rotatable bonds is 7. The zero-order valence-electron chi connectivity index (χ0n) is 13.8. The van der Waals surface area contributed by atoms with Crippen molar-refractivity contribution in [1.82, 2.24) is 10.6 Å². The van der Waals surface area contributed by atoms with Crippen molar-refractivity contribution in [3.05, 3.63) is 35.4 Å². The van der Waals surface area contributed by atoms with Crippen LogP contribution in [0.3, 0.4) is 0 Å². The van der Waals surface area contributed by atoms with Crippen LogP contribution in [0.5, 0.6) is 0 Å². The third kappa shape index (κ3) is 7.23. The quantitative estimate of drug-likeness (QED) is 0.728. The van der Waals surface area contributed by atoms with Crippen molar-refractivity contribution in [2.24, 2.45) is 0 Å². The van der Waals surface area contributed by atoms with E-state index < -0.39 is 42.7 Å². The highest BCUT2D eigenvalue weighted by Crippen LogP contribution is 2.28. The van der Waals surface area contributed by atoms with Crippen LogP contribution in [-0.2, 0) is 20.5 Å². The summed E-state index contributed by atoms with van der Waals surface area (Å²) < 4.78 is 42.0. The van der Waals surface area contributed by atoms with Gasteiger partial charge in [-0.05, 0) is 37.6 Å². The number of benzene rings is 1. The normalized spacial score (nSPS) is 12.2. The molecule has 0 heterocycles. The van der Waals surface area contributed by atoms with Gasteiger partial charge in [-0.2, -0.15) is 13.2 Å². The summed E-state index contributed by atoms with van der Waals surface area (Å²) in [6.07, 6.45) is -3.77. The zero-order valence-corrected chi connectivity index (χ0v) is 13.8. The van der Waals surface area contributed by atoms with Crippen molar-refractivity contribution in [3.8, 4) is 0 Å². The van der Waals surface area contributed by atoms with Gasteiger partial charge in [0.05, 0.1) is 5.56 Å². The molecule has 1 rings (SSSR count). The fourth-order valence-electron chi connectivity index (χ4n) is 1.68. The van der Waals surface area contributed by atoms with Crippen molar-refractivity contribution in [2.45, 2.75) is 32.5 Å². The predicted molar refractivity (Wildman–Crippen MR) is 82.6 cm³/mol. The third-order valence-corrected chi connectivity index (χ3v) is 3.25. The molecule has 0 aliphatic heterocycles. The van der Waals surface area contributed by atoms with Crippen molar-refractivity contribution >= 4 is 17.8 Å². The molecule has 2 amide bonds. The number of alkyl halides is 3. The Balaban J connectivity index is 2.40. The summed E-state index contributed by atoms with van der Waals surface area (Å²) >= 11 is 0. The number of amides is 2. The Kier molecular flexibility index (Phi) is 7.41. The maximum atomic E-state index is 12.4. The first-order chi connectivity index (χ1) is 11.6. The van der Waals surface area contributed by atoms with Gasteiger partial charge in [-0.3, -0.25) is 14.4 Å². The van der Waals surface area contributed by atoms with Crippen LogP contribution in [0.4, 0.5) is 13.2 Å². The molecule has 0 spiro atoms. The lowest BCUT2D eigenvalue weighted by molar-refractivity contribution is -0.147. The Labute approximate surface area is 142 Å². The summed E-state index contributed by atoms with van der Waals surface area (Å²) in [6.45, 7) is 2.70. The van der Waals surface area contributed by atoms with Crippen molar-refractivity contribution in [2.75, 3.05) is 13.2 Å². The highest BCUT2D eigenvalue weighted by Gasteiger charge is 2.30. The minimum absolute atomic E-state index is 0.0321. The van der Waals surface area contributed by atoms with Crippen molar-refractivity contribution < 1.29 is 32.3 Å². The van der Waals surface area contributed by atoms with Crippen molar-refractivity contribution in [3.63, 3.8) is 0 Å². The Hall–Kier alpha value is -2.58. The van der Waals surface area contributed by atoms with Crippen LogP contribution in [0.25, 0.3) is 0 Å². The largest absolute Gasteiger partial charge is 0.454 e. The van der Waals surface area contributed by atoms with E-state index in [9.17, 15) is 27.6 Å². The summed E-state index contributed by atoms with van der Waals surface area (Å²) in [6, 6.07) is 3.50. The minimum atomic E-state index is -4.49. The SMILES string of the molecule is CCC(C)NC(=O)COC(=O)CNC(=O)c1ccc(C(F)(F)F)cc1.